The maximum atomic E-state index is 6.24. The zero-order chi connectivity index (χ0) is 9.84. The molecule has 1 aliphatic heterocycles. The van der Waals surface area contributed by atoms with E-state index in [1.807, 2.05) is 11.8 Å². The van der Waals surface area contributed by atoms with E-state index >= 15 is 0 Å². The van der Waals surface area contributed by atoms with Crippen LogP contribution in [0.25, 0.3) is 0 Å². The second-order valence-electron chi connectivity index (χ2n) is 4.09. The van der Waals surface area contributed by atoms with Crippen LogP contribution in [0.2, 0.25) is 0 Å². The molecule has 0 amide bonds. The highest BCUT2D eigenvalue weighted by molar-refractivity contribution is 7.99. The molecule has 1 rings (SSSR count). The first-order valence-corrected chi connectivity index (χ1v) is 6.35. The lowest BCUT2D eigenvalue weighted by molar-refractivity contribution is 0.203. The SMILES string of the molecule is CCC(C)C(N)C1CSCCN1C. The lowest BCUT2D eigenvalue weighted by Gasteiger charge is -2.38. The molecule has 0 aliphatic carbocycles. The number of rotatable bonds is 3. The van der Waals surface area contributed by atoms with E-state index in [-0.39, 0.29) is 0 Å². The van der Waals surface area contributed by atoms with E-state index in [0.717, 1.165) is 0 Å². The normalized spacial score (nSPS) is 30.0. The Labute approximate surface area is 86.2 Å². The number of nitrogens with two attached hydrogens (primary N) is 1. The Bertz CT molecular complexity index is 152. The van der Waals surface area contributed by atoms with Crippen LogP contribution in [0.5, 0.6) is 0 Å². The van der Waals surface area contributed by atoms with Gasteiger partial charge < -0.3 is 10.6 Å². The molecule has 0 saturated carbocycles. The zero-order valence-electron chi connectivity index (χ0n) is 8.99. The Balaban J connectivity index is 2.47. The van der Waals surface area contributed by atoms with E-state index in [9.17, 15) is 0 Å². The molecule has 1 fully saturated rings. The minimum atomic E-state index is 0.350. The summed E-state index contributed by atoms with van der Waals surface area (Å²) in [4.78, 5) is 2.42. The maximum Gasteiger partial charge on any atom is 0.0337 e. The molecule has 13 heavy (non-hydrogen) atoms. The standard InChI is InChI=1S/C10H22N2S/c1-4-8(2)10(11)9-7-13-6-5-12(9)3/h8-10H,4-7,11H2,1-3H3. The minimum Gasteiger partial charge on any atom is -0.326 e. The summed E-state index contributed by atoms with van der Waals surface area (Å²) in [6.07, 6.45) is 1.19. The maximum absolute atomic E-state index is 6.24. The van der Waals surface area contributed by atoms with Crippen molar-refractivity contribution in [3.05, 3.63) is 0 Å². The average Bonchev–Trinajstić information content (AvgIpc) is 2.16. The van der Waals surface area contributed by atoms with Crippen LogP contribution in [-0.4, -0.2) is 42.1 Å². The summed E-state index contributed by atoms with van der Waals surface area (Å²) >= 11 is 2.04. The molecule has 2 nitrogen and oxygen atoms in total. The molecule has 3 atom stereocenters. The highest BCUT2D eigenvalue weighted by atomic mass is 32.2. The van der Waals surface area contributed by atoms with Gasteiger partial charge in [-0.1, -0.05) is 20.3 Å². The number of hydrogen-bond acceptors (Lipinski definition) is 3. The van der Waals surface area contributed by atoms with Gasteiger partial charge >= 0.3 is 0 Å². The van der Waals surface area contributed by atoms with Gasteiger partial charge in [-0.2, -0.15) is 11.8 Å². The summed E-state index contributed by atoms with van der Waals surface area (Å²) in [5.74, 6) is 3.12. The monoisotopic (exact) mass is 202 g/mol. The van der Waals surface area contributed by atoms with Gasteiger partial charge in [0, 0.05) is 30.1 Å². The van der Waals surface area contributed by atoms with Gasteiger partial charge in [0.05, 0.1) is 0 Å². The van der Waals surface area contributed by atoms with Crippen LogP contribution in [0, 0.1) is 5.92 Å². The molecular formula is C10H22N2S. The molecule has 0 aromatic carbocycles. The second-order valence-corrected chi connectivity index (χ2v) is 5.24. The van der Waals surface area contributed by atoms with Crippen molar-refractivity contribution in [1.29, 1.82) is 0 Å². The number of thioether (sulfide) groups is 1. The van der Waals surface area contributed by atoms with Gasteiger partial charge in [0.2, 0.25) is 0 Å². The van der Waals surface area contributed by atoms with Crippen LogP contribution in [0.4, 0.5) is 0 Å². The Morgan fingerprint density at radius 1 is 1.62 bits per heavy atom. The largest absolute Gasteiger partial charge is 0.326 e. The van der Waals surface area contributed by atoms with E-state index in [4.69, 9.17) is 5.73 Å². The summed E-state index contributed by atoms with van der Waals surface area (Å²) in [5.41, 5.74) is 6.24. The third-order valence-electron chi connectivity index (χ3n) is 3.19. The van der Waals surface area contributed by atoms with Gasteiger partial charge in [0.15, 0.2) is 0 Å². The summed E-state index contributed by atoms with van der Waals surface area (Å²) in [6, 6.07) is 0.941. The van der Waals surface area contributed by atoms with Gasteiger partial charge in [-0.25, -0.2) is 0 Å². The third kappa shape index (κ3) is 2.86. The molecule has 78 valence electrons. The smallest absolute Gasteiger partial charge is 0.0337 e. The quantitative estimate of drug-likeness (QED) is 0.750. The second kappa shape index (κ2) is 5.23. The van der Waals surface area contributed by atoms with Crippen LogP contribution >= 0.6 is 11.8 Å². The Hall–Kier alpha value is 0.270. The minimum absolute atomic E-state index is 0.350. The molecule has 1 heterocycles. The van der Waals surface area contributed by atoms with Crippen LogP contribution < -0.4 is 5.73 Å². The van der Waals surface area contributed by atoms with Crippen molar-refractivity contribution >= 4 is 11.8 Å². The van der Waals surface area contributed by atoms with Gasteiger partial charge in [-0.05, 0) is 13.0 Å². The van der Waals surface area contributed by atoms with Gasteiger partial charge in [-0.15, -0.1) is 0 Å². The van der Waals surface area contributed by atoms with Crippen molar-refractivity contribution in [1.82, 2.24) is 4.90 Å². The Morgan fingerprint density at radius 2 is 2.31 bits per heavy atom. The molecule has 1 saturated heterocycles. The topological polar surface area (TPSA) is 29.3 Å². The molecule has 3 unspecified atom stereocenters. The summed E-state index contributed by atoms with van der Waals surface area (Å²) in [7, 11) is 2.20. The van der Waals surface area contributed by atoms with Crippen molar-refractivity contribution in [2.24, 2.45) is 11.7 Å². The fourth-order valence-corrected chi connectivity index (χ4v) is 3.06. The lowest BCUT2D eigenvalue weighted by atomic mass is 9.93. The van der Waals surface area contributed by atoms with Crippen molar-refractivity contribution in [2.75, 3.05) is 25.1 Å². The summed E-state index contributed by atoms with van der Waals surface area (Å²) < 4.78 is 0. The third-order valence-corrected chi connectivity index (χ3v) is 4.24. The van der Waals surface area contributed by atoms with Crippen molar-refractivity contribution in [3.63, 3.8) is 0 Å². The Kier molecular flexibility index (Phi) is 4.56. The van der Waals surface area contributed by atoms with Crippen LogP contribution in [0.3, 0.4) is 0 Å². The molecule has 0 radical (unpaired) electrons. The van der Waals surface area contributed by atoms with Gasteiger partial charge in [0.25, 0.3) is 0 Å². The molecule has 3 heteroatoms. The summed E-state index contributed by atoms with van der Waals surface area (Å²) in [6.45, 7) is 5.68. The van der Waals surface area contributed by atoms with Crippen LogP contribution in [0.1, 0.15) is 20.3 Å². The van der Waals surface area contributed by atoms with E-state index in [0.29, 0.717) is 18.0 Å². The molecule has 0 aromatic rings. The van der Waals surface area contributed by atoms with Crippen molar-refractivity contribution in [3.8, 4) is 0 Å². The molecular weight excluding hydrogens is 180 g/mol. The van der Waals surface area contributed by atoms with Crippen LogP contribution in [-0.2, 0) is 0 Å². The number of hydrogen-bond donors (Lipinski definition) is 1. The predicted molar refractivity (Wildman–Crippen MR) is 61.2 cm³/mol. The number of likely N-dealkylation sites (N-methyl/N-ethyl adjacent to an activating group) is 1. The first-order chi connectivity index (χ1) is 6.16. The van der Waals surface area contributed by atoms with E-state index < -0.39 is 0 Å². The number of nitrogens with zero attached hydrogens (tertiary/aromatic N) is 1. The van der Waals surface area contributed by atoms with Gasteiger partial charge in [-0.3, -0.25) is 0 Å². The highest BCUT2D eigenvalue weighted by Crippen LogP contribution is 2.21. The Morgan fingerprint density at radius 3 is 2.85 bits per heavy atom. The first kappa shape index (κ1) is 11.3. The molecule has 0 bridgehead atoms. The van der Waals surface area contributed by atoms with Crippen LogP contribution in [0.15, 0.2) is 0 Å². The predicted octanol–water partition coefficient (Wildman–Crippen LogP) is 1.41. The average molecular weight is 202 g/mol. The van der Waals surface area contributed by atoms with Crippen molar-refractivity contribution in [2.45, 2.75) is 32.4 Å². The lowest BCUT2D eigenvalue weighted by Crippen LogP contribution is -2.53. The van der Waals surface area contributed by atoms with E-state index in [1.54, 1.807) is 0 Å². The van der Waals surface area contributed by atoms with E-state index in [2.05, 4.69) is 25.8 Å². The first-order valence-electron chi connectivity index (χ1n) is 5.20. The molecule has 0 spiro atoms. The highest BCUT2D eigenvalue weighted by Gasteiger charge is 2.27. The summed E-state index contributed by atoms with van der Waals surface area (Å²) in [5, 5.41) is 0. The fourth-order valence-electron chi connectivity index (χ4n) is 1.76. The molecule has 2 N–H and O–H groups in total. The van der Waals surface area contributed by atoms with E-state index in [1.165, 1.54) is 24.5 Å². The van der Waals surface area contributed by atoms with Crippen molar-refractivity contribution < 1.29 is 0 Å². The fraction of sp³-hybridized carbons (Fsp3) is 1.00. The molecule has 0 aromatic heterocycles. The molecule has 1 aliphatic rings. The van der Waals surface area contributed by atoms with Gasteiger partial charge in [0.1, 0.15) is 0 Å². The zero-order valence-corrected chi connectivity index (χ0v) is 9.81.